The normalized spacial score (nSPS) is 16.6. The van der Waals surface area contributed by atoms with Gasteiger partial charge in [0.1, 0.15) is 0 Å². The molecule has 0 fully saturated rings. The highest BCUT2D eigenvalue weighted by Gasteiger charge is 2.29. The molecular weight excluding hydrogens is 352 g/mol. The maximum absolute atomic E-state index is 12.6. The van der Waals surface area contributed by atoms with Gasteiger partial charge in [0.05, 0.1) is 22.1 Å². The first-order chi connectivity index (χ1) is 11.9. The molecule has 2 aromatic rings. The van der Waals surface area contributed by atoms with E-state index in [0.717, 1.165) is 43.2 Å². The molecule has 1 atom stereocenters. The lowest BCUT2D eigenvalue weighted by molar-refractivity contribution is -0.135. The van der Waals surface area contributed by atoms with Crippen molar-refractivity contribution in [2.24, 2.45) is 0 Å². The number of allylic oxidation sites excluding steroid dienone is 2. The molecule has 5 heteroatoms. The Hall–Kier alpha value is -2.11. The lowest BCUT2D eigenvalue weighted by atomic mass is 10.0. The van der Waals surface area contributed by atoms with Crippen molar-refractivity contribution in [2.45, 2.75) is 18.2 Å². The molecule has 0 bridgehead atoms. The van der Waals surface area contributed by atoms with E-state index < -0.39 is 16.8 Å². The number of carboxylic acids is 1. The van der Waals surface area contributed by atoms with E-state index in [1.165, 1.54) is 0 Å². The van der Waals surface area contributed by atoms with E-state index in [9.17, 15) is 14.1 Å². The van der Waals surface area contributed by atoms with Crippen molar-refractivity contribution in [3.63, 3.8) is 0 Å². The Morgan fingerprint density at radius 2 is 1.80 bits per heavy atom. The van der Waals surface area contributed by atoms with Crippen LogP contribution in [0.3, 0.4) is 0 Å². The Bertz CT molecular complexity index is 941. The van der Waals surface area contributed by atoms with E-state index in [-0.39, 0.29) is 6.42 Å². The Labute approximate surface area is 155 Å². The van der Waals surface area contributed by atoms with Gasteiger partial charge < -0.3 is 5.11 Å². The van der Waals surface area contributed by atoms with Crippen LogP contribution >= 0.6 is 12.6 Å². The van der Waals surface area contributed by atoms with Crippen LogP contribution < -0.4 is 0 Å². The lowest BCUT2D eigenvalue weighted by Crippen LogP contribution is -1.98. The number of carbonyl (C=O) groups is 1. The summed E-state index contributed by atoms with van der Waals surface area (Å²) >= 11 is 4.43. The zero-order chi connectivity index (χ0) is 18.1. The van der Waals surface area contributed by atoms with E-state index >= 15 is 0 Å². The predicted molar refractivity (Wildman–Crippen MR) is 106 cm³/mol. The number of hydrogen-bond acceptors (Lipinski definition) is 3. The Kier molecular flexibility index (Phi) is 4.97. The van der Waals surface area contributed by atoms with Gasteiger partial charge in [0.25, 0.3) is 0 Å². The summed E-state index contributed by atoms with van der Waals surface area (Å²) in [5.41, 5.74) is 5.15. The Morgan fingerprint density at radius 3 is 2.40 bits per heavy atom. The van der Waals surface area contributed by atoms with Gasteiger partial charge in [-0.1, -0.05) is 36.4 Å². The molecule has 0 saturated heterocycles. The van der Waals surface area contributed by atoms with Crippen molar-refractivity contribution in [3.05, 3.63) is 70.8 Å². The number of fused-ring (bicyclic) bond motifs is 1. The minimum Gasteiger partial charge on any atom is -0.481 e. The molecule has 2 aromatic carbocycles. The SMILES string of the molecule is CC1=C(CC(=O)O)c2ccc(S)cc2C1=C(c1ccccc1)S(C)=O. The number of thiol groups is 1. The third-order valence-electron chi connectivity index (χ3n) is 4.30. The monoisotopic (exact) mass is 370 g/mol. The van der Waals surface area contributed by atoms with Gasteiger partial charge in [-0.15, -0.1) is 12.6 Å². The topological polar surface area (TPSA) is 54.4 Å². The van der Waals surface area contributed by atoms with Gasteiger partial charge in [-0.05, 0) is 46.9 Å². The fourth-order valence-corrected chi connectivity index (χ4v) is 4.49. The zero-order valence-corrected chi connectivity index (χ0v) is 15.7. The Morgan fingerprint density at radius 1 is 1.12 bits per heavy atom. The van der Waals surface area contributed by atoms with E-state index in [1.807, 2.05) is 55.5 Å². The van der Waals surface area contributed by atoms with Crippen molar-refractivity contribution in [1.82, 2.24) is 0 Å². The summed E-state index contributed by atoms with van der Waals surface area (Å²) in [5, 5.41) is 9.30. The minimum absolute atomic E-state index is 0.0628. The summed E-state index contributed by atoms with van der Waals surface area (Å²) in [6.45, 7) is 1.90. The standard InChI is InChI=1S/C20H18O3S2/c1-12-16(11-18(21)22)15-9-8-14(24)10-17(15)19(12)20(25(2)23)13-6-4-3-5-7-13/h3-10,24H,11H2,1-2H3,(H,21,22). The number of rotatable bonds is 4. The highest BCUT2D eigenvalue weighted by Crippen LogP contribution is 2.47. The van der Waals surface area contributed by atoms with Crippen molar-refractivity contribution in [1.29, 1.82) is 0 Å². The van der Waals surface area contributed by atoms with Crippen molar-refractivity contribution >= 4 is 45.4 Å². The summed E-state index contributed by atoms with van der Waals surface area (Å²) in [5.74, 6) is -0.879. The van der Waals surface area contributed by atoms with Crippen LogP contribution in [0.15, 0.2) is 59.0 Å². The predicted octanol–water partition coefficient (Wildman–Crippen LogP) is 4.48. The van der Waals surface area contributed by atoms with Crippen LogP contribution in [-0.4, -0.2) is 21.5 Å². The summed E-state index contributed by atoms with van der Waals surface area (Å²) in [7, 11) is -1.23. The van der Waals surface area contributed by atoms with Gasteiger partial charge in [0.2, 0.25) is 0 Å². The van der Waals surface area contributed by atoms with Gasteiger partial charge in [-0.3, -0.25) is 9.00 Å². The molecule has 1 N–H and O–H groups in total. The molecule has 0 heterocycles. The van der Waals surface area contributed by atoms with Crippen LogP contribution in [-0.2, 0) is 15.6 Å². The second-order valence-corrected chi connectivity index (χ2v) is 7.76. The van der Waals surface area contributed by atoms with E-state index in [4.69, 9.17) is 0 Å². The molecule has 1 unspecified atom stereocenters. The van der Waals surface area contributed by atoms with Crippen molar-refractivity contribution in [3.8, 4) is 0 Å². The van der Waals surface area contributed by atoms with Crippen LogP contribution in [0, 0.1) is 0 Å². The van der Waals surface area contributed by atoms with Gasteiger partial charge in [0.15, 0.2) is 0 Å². The Balaban J connectivity index is 2.37. The third-order valence-corrected chi connectivity index (χ3v) is 5.60. The molecule has 0 radical (unpaired) electrons. The molecule has 0 aliphatic heterocycles. The van der Waals surface area contributed by atoms with E-state index in [0.29, 0.717) is 0 Å². The smallest absolute Gasteiger partial charge is 0.307 e. The number of hydrogen-bond donors (Lipinski definition) is 2. The molecule has 128 valence electrons. The molecule has 1 aliphatic carbocycles. The van der Waals surface area contributed by atoms with E-state index in [2.05, 4.69) is 12.6 Å². The highest BCUT2D eigenvalue weighted by molar-refractivity contribution is 7.94. The fourth-order valence-electron chi connectivity index (χ4n) is 3.27. The van der Waals surface area contributed by atoms with Crippen molar-refractivity contribution in [2.75, 3.05) is 6.26 Å². The van der Waals surface area contributed by atoms with Gasteiger partial charge in [-0.25, -0.2) is 0 Å². The van der Waals surface area contributed by atoms with Crippen molar-refractivity contribution < 1.29 is 14.1 Å². The zero-order valence-electron chi connectivity index (χ0n) is 13.9. The van der Waals surface area contributed by atoms with Crippen LogP contribution in [0.2, 0.25) is 0 Å². The lowest BCUT2D eigenvalue weighted by Gasteiger charge is -2.13. The van der Waals surface area contributed by atoms with Gasteiger partial charge in [-0.2, -0.15) is 0 Å². The molecule has 0 saturated carbocycles. The maximum atomic E-state index is 12.6. The summed E-state index contributed by atoms with van der Waals surface area (Å²) in [4.78, 5) is 12.8. The van der Waals surface area contributed by atoms with Gasteiger partial charge >= 0.3 is 5.97 Å². The molecule has 3 nitrogen and oxygen atoms in total. The highest BCUT2D eigenvalue weighted by atomic mass is 32.2. The average molecular weight is 370 g/mol. The number of benzene rings is 2. The first-order valence-electron chi connectivity index (χ1n) is 7.79. The molecule has 0 aromatic heterocycles. The van der Waals surface area contributed by atoms with Crippen LogP contribution in [0.4, 0.5) is 0 Å². The number of carboxylic acid groups (broad SMARTS) is 1. The molecule has 3 rings (SSSR count). The first kappa shape index (κ1) is 17.7. The maximum Gasteiger partial charge on any atom is 0.307 e. The molecule has 25 heavy (non-hydrogen) atoms. The summed E-state index contributed by atoms with van der Waals surface area (Å²) in [6.07, 6.45) is 1.59. The first-order valence-corrected chi connectivity index (χ1v) is 9.79. The molecule has 0 spiro atoms. The second kappa shape index (κ2) is 7.02. The fraction of sp³-hybridized carbons (Fsp3) is 0.150. The molecular formula is C20H18O3S2. The molecule has 1 aliphatic rings. The van der Waals surface area contributed by atoms with Crippen LogP contribution in [0.5, 0.6) is 0 Å². The summed E-state index contributed by atoms with van der Waals surface area (Å²) in [6, 6.07) is 15.3. The van der Waals surface area contributed by atoms with Crippen LogP contribution in [0.25, 0.3) is 16.1 Å². The summed E-state index contributed by atoms with van der Waals surface area (Å²) < 4.78 is 12.6. The second-order valence-electron chi connectivity index (χ2n) is 5.93. The minimum atomic E-state index is -1.23. The molecule has 0 amide bonds. The quantitative estimate of drug-likeness (QED) is 0.780. The van der Waals surface area contributed by atoms with Gasteiger partial charge in [0, 0.05) is 16.7 Å². The average Bonchev–Trinajstić information content (AvgIpc) is 2.81. The van der Waals surface area contributed by atoms with Crippen LogP contribution in [0.1, 0.15) is 30.0 Å². The largest absolute Gasteiger partial charge is 0.481 e. The third kappa shape index (κ3) is 3.34. The van der Waals surface area contributed by atoms with E-state index in [1.54, 1.807) is 6.26 Å². The number of aliphatic carboxylic acids is 1.